The summed E-state index contributed by atoms with van der Waals surface area (Å²) >= 11 is 0. The van der Waals surface area contributed by atoms with Crippen LogP contribution in [-0.2, 0) is 9.59 Å². The van der Waals surface area contributed by atoms with Crippen molar-refractivity contribution in [3.05, 3.63) is 11.6 Å². The molecule has 0 aliphatic carbocycles. The maximum atomic E-state index is 11.0. The summed E-state index contributed by atoms with van der Waals surface area (Å²) in [7, 11) is 0. The van der Waals surface area contributed by atoms with Gasteiger partial charge in [0.15, 0.2) is 0 Å². The third-order valence-electron chi connectivity index (χ3n) is 1.95. The number of hydrogen-bond donors (Lipinski definition) is 1. The second kappa shape index (κ2) is 5.06. The zero-order valence-electron chi connectivity index (χ0n) is 7.59. The third kappa shape index (κ3) is 2.62. The first-order chi connectivity index (χ1) is 6.75. The molecule has 0 bridgehead atoms. The fraction of sp³-hybridized carbons (Fsp3) is 0.333. The van der Waals surface area contributed by atoms with Crippen LogP contribution in [0, 0.1) is 5.92 Å². The SMILES string of the molecule is NC(=O)C(CC=O)C1=CC=NN=CC1. The second-order valence-corrected chi connectivity index (χ2v) is 2.87. The molecule has 0 radical (unpaired) electrons. The van der Waals surface area contributed by atoms with E-state index in [0.29, 0.717) is 12.7 Å². The Morgan fingerprint density at radius 2 is 2.43 bits per heavy atom. The van der Waals surface area contributed by atoms with Gasteiger partial charge >= 0.3 is 0 Å². The van der Waals surface area contributed by atoms with E-state index in [0.717, 1.165) is 5.57 Å². The average Bonchev–Trinajstić information content (AvgIpc) is 2.41. The van der Waals surface area contributed by atoms with Crippen LogP contribution in [0.25, 0.3) is 0 Å². The number of carbonyl (C=O) groups is 2. The van der Waals surface area contributed by atoms with E-state index in [9.17, 15) is 9.59 Å². The molecule has 0 aromatic rings. The maximum Gasteiger partial charge on any atom is 0.225 e. The summed E-state index contributed by atoms with van der Waals surface area (Å²) < 4.78 is 0. The van der Waals surface area contributed by atoms with Crippen molar-refractivity contribution in [2.45, 2.75) is 12.8 Å². The molecule has 0 fully saturated rings. The van der Waals surface area contributed by atoms with Crippen LogP contribution in [0.3, 0.4) is 0 Å². The van der Waals surface area contributed by atoms with E-state index in [1.54, 1.807) is 12.3 Å². The van der Waals surface area contributed by atoms with Crippen molar-refractivity contribution in [1.29, 1.82) is 0 Å². The minimum Gasteiger partial charge on any atom is -0.369 e. The van der Waals surface area contributed by atoms with E-state index in [1.807, 2.05) is 0 Å². The first-order valence-electron chi connectivity index (χ1n) is 4.22. The highest BCUT2D eigenvalue weighted by atomic mass is 16.1. The highest BCUT2D eigenvalue weighted by Crippen LogP contribution is 2.17. The molecule has 5 nitrogen and oxygen atoms in total. The molecule has 5 heteroatoms. The molecule has 0 saturated heterocycles. The summed E-state index contributed by atoms with van der Waals surface area (Å²) in [5, 5.41) is 7.33. The lowest BCUT2D eigenvalue weighted by Gasteiger charge is -2.11. The van der Waals surface area contributed by atoms with Crippen molar-refractivity contribution in [1.82, 2.24) is 0 Å². The lowest BCUT2D eigenvalue weighted by molar-refractivity contribution is -0.122. The predicted octanol–water partition coefficient (Wildman–Crippen LogP) is 0.0636. The van der Waals surface area contributed by atoms with Gasteiger partial charge in [-0.1, -0.05) is 5.57 Å². The van der Waals surface area contributed by atoms with Gasteiger partial charge in [-0.15, -0.1) is 0 Å². The molecule has 0 saturated carbocycles. The summed E-state index contributed by atoms with van der Waals surface area (Å²) in [6.45, 7) is 0. The van der Waals surface area contributed by atoms with Gasteiger partial charge in [-0.2, -0.15) is 10.2 Å². The van der Waals surface area contributed by atoms with Gasteiger partial charge in [-0.05, 0) is 6.08 Å². The van der Waals surface area contributed by atoms with Gasteiger partial charge in [0.2, 0.25) is 5.91 Å². The molecule has 1 heterocycles. The van der Waals surface area contributed by atoms with Gasteiger partial charge in [0.05, 0.1) is 5.92 Å². The van der Waals surface area contributed by atoms with E-state index < -0.39 is 11.8 Å². The summed E-state index contributed by atoms with van der Waals surface area (Å²) in [6, 6.07) is 0. The van der Waals surface area contributed by atoms with Crippen molar-refractivity contribution >= 4 is 24.6 Å². The van der Waals surface area contributed by atoms with Gasteiger partial charge in [-0.25, -0.2) is 0 Å². The van der Waals surface area contributed by atoms with Crippen molar-refractivity contribution < 1.29 is 9.59 Å². The Hall–Kier alpha value is -1.78. The standard InChI is InChI=1S/C9H11N3O2/c10-9(14)8(3-6-13)7-1-4-11-12-5-2-7/h1,4-6,8H,2-3H2,(H2,10,14). The van der Waals surface area contributed by atoms with Crippen LogP contribution < -0.4 is 5.73 Å². The minimum atomic E-state index is -0.538. The monoisotopic (exact) mass is 193 g/mol. The Morgan fingerprint density at radius 3 is 3.07 bits per heavy atom. The van der Waals surface area contributed by atoms with Crippen LogP contribution in [0.15, 0.2) is 21.9 Å². The van der Waals surface area contributed by atoms with E-state index in [4.69, 9.17) is 5.73 Å². The zero-order chi connectivity index (χ0) is 10.4. The lowest BCUT2D eigenvalue weighted by atomic mass is 9.93. The van der Waals surface area contributed by atoms with Gasteiger partial charge in [0, 0.05) is 25.3 Å². The Labute approximate surface area is 81.4 Å². The largest absolute Gasteiger partial charge is 0.369 e. The lowest BCUT2D eigenvalue weighted by Crippen LogP contribution is -2.25. The Kier molecular flexibility index (Phi) is 3.72. The Bertz CT molecular complexity index is 318. The Morgan fingerprint density at radius 1 is 1.64 bits per heavy atom. The van der Waals surface area contributed by atoms with Crippen LogP contribution in [0.5, 0.6) is 0 Å². The molecular weight excluding hydrogens is 182 g/mol. The molecule has 0 aromatic heterocycles. The molecule has 2 N–H and O–H groups in total. The number of carbonyl (C=O) groups excluding carboxylic acids is 2. The van der Waals surface area contributed by atoms with Gasteiger partial charge in [-0.3, -0.25) is 4.79 Å². The normalized spacial score (nSPS) is 17.0. The van der Waals surface area contributed by atoms with Crippen molar-refractivity contribution in [2.24, 2.45) is 21.9 Å². The van der Waals surface area contributed by atoms with Crippen molar-refractivity contribution in [3.8, 4) is 0 Å². The molecule has 1 amide bonds. The number of nitrogens with zero attached hydrogens (tertiary/aromatic N) is 2. The number of allylic oxidation sites excluding steroid dienone is 1. The van der Waals surface area contributed by atoms with Crippen molar-refractivity contribution in [2.75, 3.05) is 0 Å². The molecule has 0 aromatic carbocycles. The number of hydrogen-bond acceptors (Lipinski definition) is 4. The Balaban J connectivity index is 2.81. The molecule has 1 aliphatic heterocycles. The summed E-state index contributed by atoms with van der Waals surface area (Å²) in [5.41, 5.74) is 5.95. The topological polar surface area (TPSA) is 84.9 Å². The fourth-order valence-corrected chi connectivity index (χ4v) is 1.23. The maximum absolute atomic E-state index is 11.0. The summed E-state index contributed by atoms with van der Waals surface area (Å²) in [4.78, 5) is 21.4. The number of primary amides is 1. The fourth-order valence-electron chi connectivity index (χ4n) is 1.23. The van der Waals surface area contributed by atoms with E-state index in [1.165, 1.54) is 6.21 Å². The molecule has 1 atom stereocenters. The average molecular weight is 193 g/mol. The molecule has 1 aliphatic rings. The van der Waals surface area contributed by atoms with E-state index >= 15 is 0 Å². The quantitative estimate of drug-likeness (QED) is 0.640. The zero-order valence-corrected chi connectivity index (χ0v) is 7.59. The second-order valence-electron chi connectivity index (χ2n) is 2.87. The molecule has 74 valence electrons. The number of amides is 1. The van der Waals surface area contributed by atoms with Crippen LogP contribution in [0.4, 0.5) is 0 Å². The smallest absolute Gasteiger partial charge is 0.225 e. The molecule has 1 rings (SSSR count). The molecule has 14 heavy (non-hydrogen) atoms. The highest BCUT2D eigenvalue weighted by molar-refractivity contribution is 5.86. The first kappa shape index (κ1) is 10.3. The molecule has 1 unspecified atom stereocenters. The van der Waals surface area contributed by atoms with Gasteiger partial charge < -0.3 is 10.5 Å². The minimum absolute atomic E-state index is 0.114. The van der Waals surface area contributed by atoms with Gasteiger partial charge in [0.1, 0.15) is 6.29 Å². The van der Waals surface area contributed by atoms with E-state index in [2.05, 4.69) is 10.2 Å². The first-order valence-corrected chi connectivity index (χ1v) is 4.22. The van der Waals surface area contributed by atoms with Crippen molar-refractivity contribution in [3.63, 3.8) is 0 Å². The van der Waals surface area contributed by atoms with E-state index in [-0.39, 0.29) is 6.42 Å². The number of rotatable bonds is 4. The molecule has 0 spiro atoms. The number of aldehydes is 1. The van der Waals surface area contributed by atoms with Crippen LogP contribution in [0.2, 0.25) is 0 Å². The third-order valence-corrected chi connectivity index (χ3v) is 1.95. The van der Waals surface area contributed by atoms with Crippen LogP contribution >= 0.6 is 0 Å². The van der Waals surface area contributed by atoms with Crippen LogP contribution in [-0.4, -0.2) is 24.6 Å². The predicted molar refractivity (Wildman–Crippen MR) is 53.0 cm³/mol. The molecular formula is C9H11N3O2. The summed E-state index contributed by atoms with van der Waals surface area (Å²) in [6.07, 6.45) is 6.04. The highest BCUT2D eigenvalue weighted by Gasteiger charge is 2.19. The van der Waals surface area contributed by atoms with Crippen LogP contribution in [0.1, 0.15) is 12.8 Å². The summed E-state index contributed by atoms with van der Waals surface area (Å²) in [5.74, 6) is -1.03. The van der Waals surface area contributed by atoms with Gasteiger partial charge in [0.25, 0.3) is 0 Å². The number of nitrogens with two attached hydrogens (primary N) is 1.